The molecule has 2 heterocycles. The number of nitrogens with zero attached hydrogens (tertiary/aromatic N) is 3. The number of aromatic amines is 1. The van der Waals surface area contributed by atoms with Crippen LogP contribution >= 0.6 is 0 Å². The van der Waals surface area contributed by atoms with Crippen LogP contribution in [0.5, 0.6) is 0 Å². The summed E-state index contributed by atoms with van der Waals surface area (Å²) in [7, 11) is 0. The SMILES string of the molecule is Cc1nc2ccc(-c3ncc(CN)nc3C)cc2[nH]1. The first-order valence-corrected chi connectivity index (χ1v) is 6.16. The van der Waals surface area contributed by atoms with Crippen LogP contribution in [0, 0.1) is 13.8 Å². The molecule has 19 heavy (non-hydrogen) atoms. The van der Waals surface area contributed by atoms with E-state index in [-0.39, 0.29) is 0 Å². The second-order valence-corrected chi connectivity index (χ2v) is 4.55. The molecule has 0 atom stereocenters. The van der Waals surface area contributed by atoms with Crippen LogP contribution in [0.3, 0.4) is 0 Å². The molecule has 0 aliphatic carbocycles. The number of nitrogens with two attached hydrogens (primary N) is 1. The highest BCUT2D eigenvalue weighted by Gasteiger charge is 2.08. The minimum absolute atomic E-state index is 0.410. The second kappa shape index (κ2) is 4.44. The van der Waals surface area contributed by atoms with Crippen molar-refractivity contribution in [2.45, 2.75) is 20.4 Å². The molecular formula is C14H15N5. The first-order chi connectivity index (χ1) is 9.17. The fourth-order valence-corrected chi connectivity index (χ4v) is 2.20. The third-order valence-electron chi connectivity index (χ3n) is 3.08. The van der Waals surface area contributed by atoms with E-state index in [4.69, 9.17) is 5.73 Å². The number of rotatable bonds is 2. The van der Waals surface area contributed by atoms with Crippen LogP contribution in [0.1, 0.15) is 17.2 Å². The Morgan fingerprint density at radius 1 is 1.21 bits per heavy atom. The molecule has 0 amide bonds. The Labute approximate surface area is 110 Å². The standard InChI is InChI=1S/C14H15N5/c1-8-14(16-7-11(6-15)17-8)10-3-4-12-13(5-10)19-9(2)18-12/h3-5,7H,6,15H2,1-2H3,(H,18,19). The molecule has 0 saturated heterocycles. The van der Waals surface area contributed by atoms with Gasteiger partial charge in [-0.2, -0.15) is 0 Å². The van der Waals surface area contributed by atoms with Crippen LogP contribution in [0.25, 0.3) is 22.3 Å². The highest BCUT2D eigenvalue weighted by molar-refractivity contribution is 5.81. The number of hydrogen-bond acceptors (Lipinski definition) is 4. The molecule has 5 nitrogen and oxygen atoms in total. The Balaban J connectivity index is 2.12. The van der Waals surface area contributed by atoms with Crippen LogP contribution in [0.4, 0.5) is 0 Å². The zero-order valence-corrected chi connectivity index (χ0v) is 10.9. The number of benzene rings is 1. The fraction of sp³-hybridized carbons (Fsp3) is 0.214. The molecule has 0 bridgehead atoms. The number of hydrogen-bond donors (Lipinski definition) is 2. The topological polar surface area (TPSA) is 80.5 Å². The van der Waals surface area contributed by atoms with Gasteiger partial charge in [0.15, 0.2) is 0 Å². The van der Waals surface area contributed by atoms with Crippen molar-refractivity contribution in [2.75, 3.05) is 0 Å². The lowest BCUT2D eigenvalue weighted by atomic mass is 10.1. The molecule has 1 aromatic carbocycles. The van der Waals surface area contributed by atoms with E-state index >= 15 is 0 Å². The fourth-order valence-electron chi connectivity index (χ4n) is 2.20. The highest BCUT2D eigenvalue weighted by Crippen LogP contribution is 2.23. The number of fused-ring (bicyclic) bond motifs is 1. The van der Waals surface area contributed by atoms with Crippen LogP contribution < -0.4 is 5.73 Å². The molecule has 3 rings (SSSR count). The smallest absolute Gasteiger partial charge is 0.104 e. The first-order valence-electron chi connectivity index (χ1n) is 6.16. The third kappa shape index (κ3) is 2.08. The molecule has 0 fully saturated rings. The van der Waals surface area contributed by atoms with Gasteiger partial charge in [0.25, 0.3) is 0 Å². The Hall–Kier alpha value is -2.27. The van der Waals surface area contributed by atoms with Gasteiger partial charge in [0.1, 0.15) is 5.82 Å². The molecule has 3 N–H and O–H groups in total. The van der Waals surface area contributed by atoms with Crippen LogP contribution in [-0.4, -0.2) is 19.9 Å². The van der Waals surface area contributed by atoms with Gasteiger partial charge in [-0.25, -0.2) is 4.98 Å². The van der Waals surface area contributed by atoms with Crippen molar-refractivity contribution in [3.8, 4) is 11.3 Å². The van der Waals surface area contributed by atoms with E-state index in [1.165, 1.54) is 0 Å². The maximum atomic E-state index is 5.57. The van der Waals surface area contributed by atoms with Crippen molar-refractivity contribution >= 4 is 11.0 Å². The molecule has 0 aliphatic heterocycles. The molecule has 3 aromatic rings. The van der Waals surface area contributed by atoms with E-state index < -0.39 is 0 Å². The Morgan fingerprint density at radius 3 is 2.79 bits per heavy atom. The lowest BCUT2D eigenvalue weighted by Crippen LogP contribution is -2.03. The third-order valence-corrected chi connectivity index (χ3v) is 3.08. The Bertz CT molecular complexity index is 745. The lowest BCUT2D eigenvalue weighted by Gasteiger charge is -2.06. The van der Waals surface area contributed by atoms with Crippen molar-refractivity contribution in [3.63, 3.8) is 0 Å². The van der Waals surface area contributed by atoms with Gasteiger partial charge in [0.2, 0.25) is 0 Å². The maximum absolute atomic E-state index is 5.57. The van der Waals surface area contributed by atoms with Crippen molar-refractivity contribution in [3.05, 3.63) is 41.6 Å². The van der Waals surface area contributed by atoms with Crippen LogP contribution in [-0.2, 0) is 6.54 Å². The summed E-state index contributed by atoms with van der Waals surface area (Å²) in [5, 5.41) is 0. The number of nitrogens with one attached hydrogen (secondary N) is 1. The van der Waals surface area contributed by atoms with Crippen molar-refractivity contribution in [1.29, 1.82) is 0 Å². The largest absolute Gasteiger partial charge is 0.342 e. The van der Waals surface area contributed by atoms with Gasteiger partial charge in [-0.1, -0.05) is 6.07 Å². The molecule has 0 radical (unpaired) electrons. The summed E-state index contributed by atoms with van der Waals surface area (Å²) >= 11 is 0. The minimum atomic E-state index is 0.410. The van der Waals surface area contributed by atoms with Gasteiger partial charge in [0.05, 0.1) is 34.3 Å². The number of H-pyrrole nitrogens is 1. The predicted octanol–water partition coefficient (Wildman–Crippen LogP) is 2.10. The van der Waals surface area contributed by atoms with E-state index in [1.807, 2.05) is 26.0 Å². The summed E-state index contributed by atoms with van der Waals surface area (Å²) in [6.45, 7) is 4.30. The van der Waals surface area contributed by atoms with Gasteiger partial charge in [-0.3, -0.25) is 9.97 Å². The summed E-state index contributed by atoms with van der Waals surface area (Å²) in [5.41, 5.74) is 11.2. The number of aromatic nitrogens is 4. The lowest BCUT2D eigenvalue weighted by molar-refractivity contribution is 0.943. The van der Waals surface area contributed by atoms with E-state index in [0.717, 1.165) is 39.5 Å². The average molecular weight is 253 g/mol. The normalized spacial score (nSPS) is 11.1. The molecule has 5 heteroatoms. The van der Waals surface area contributed by atoms with E-state index in [2.05, 4.69) is 26.0 Å². The van der Waals surface area contributed by atoms with Gasteiger partial charge in [0, 0.05) is 12.1 Å². The number of imidazole rings is 1. The van der Waals surface area contributed by atoms with Gasteiger partial charge < -0.3 is 10.7 Å². The molecular weight excluding hydrogens is 238 g/mol. The molecule has 0 unspecified atom stereocenters. The second-order valence-electron chi connectivity index (χ2n) is 4.55. The van der Waals surface area contributed by atoms with E-state index in [9.17, 15) is 0 Å². The van der Waals surface area contributed by atoms with Gasteiger partial charge in [-0.05, 0) is 26.0 Å². The summed E-state index contributed by atoms with van der Waals surface area (Å²) in [6, 6.07) is 6.06. The Morgan fingerprint density at radius 2 is 2.05 bits per heavy atom. The van der Waals surface area contributed by atoms with E-state index in [0.29, 0.717) is 6.54 Å². The monoisotopic (exact) mass is 253 g/mol. The van der Waals surface area contributed by atoms with Crippen molar-refractivity contribution in [2.24, 2.45) is 5.73 Å². The first kappa shape index (κ1) is 11.8. The summed E-state index contributed by atoms with van der Waals surface area (Å²) in [4.78, 5) is 16.5. The Kier molecular flexibility index (Phi) is 2.76. The zero-order valence-electron chi connectivity index (χ0n) is 10.9. The summed E-state index contributed by atoms with van der Waals surface area (Å²) < 4.78 is 0. The molecule has 0 saturated carbocycles. The van der Waals surface area contributed by atoms with Crippen molar-refractivity contribution in [1.82, 2.24) is 19.9 Å². The van der Waals surface area contributed by atoms with Gasteiger partial charge >= 0.3 is 0 Å². The molecule has 96 valence electrons. The quantitative estimate of drug-likeness (QED) is 0.732. The minimum Gasteiger partial charge on any atom is -0.342 e. The molecule has 0 aliphatic rings. The predicted molar refractivity (Wildman–Crippen MR) is 74.5 cm³/mol. The summed E-state index contributed by atoms with van der Waals surface area (Å²) in [5.74, 6) is 0.911. The van der Waals surface area contributed by atoms with E-state index in [1.54, 1.807) is 6.20 Å². The van der Waals surface area contributed by atoms with Crippen molar-refractivity contribution < 1.29 is 0 Å². The zero-order chi connectivity index (χ0) is 13.4. The van der Waals surface area contributed by atoms with Crippen LogP contribution in [0.15, 0.2) is 24.4 Å². The molecule has 0 spiro atoms. The van der Waals surface area contributed by atoms with Crippen LogP contribution in [0.2, 0.25) is 0 Å². The van der Waals surface area contributed by atoms with Gasteiger partial charge in [-0.15, -0.1) is 0 Å². The highest BCUT2D eigenvalue weighted by atomic mass is 14.9. The number of aryl methyl sites for hydroxylation is 2. The maximum Gasteiger partial charge on any atom is 0.104 e. The summed E-state index contributed by atoms with van der Waals surface area (Å²) in [6.07, 6.45) is 1.73. The molecule has 2 aromatic heterocycles. The average Bonchev–Trinajstić information content (AvgIpc) is 2.77.